The summed E-state index contributed by atoms with van der Waals surface area (Å²) >= 11 is 1.13. The molecule has 0 aliphatic rings. The highest BCUT2D eigenvalue weighted by molar-refractivity contribution is 7.21. The quantitative estimate of drug-likeness (QED) is 0.317. The van der Waals surface area contributed by atoms with Gasteiger partial charge in [-0.2, -0.15) is 5.10 Å². The van der Waals surface area contributed by atoms with Crippen molar-refractivity contribution in [1.82, 2.24) is 18.9 Å². The number of aromatic nitrogens is 4. The highest BCUT2D eigenvalue weighted by Crippen LogP contribution is 2.34. The third-order valence-corrected chi connectivity index (χ3v) is 7.28. The van der Waals surface area contributed by atoms with Crippen molar-refractivity contribution in [3.05, 3.63) is 74.4 Å². The summed E-state index contributed by atoms with van der Waals surface area (Å²) in [6, 6.07) is 4.08. The largest absolute Gasteiger partial charge is 0.496 e. The van der Waals surface area contributed by atoms with Crippen molar-refractivity contribution in [1.29, 1.82) is 0 Å². The van der Waals surface area contributed by atoms with Crippen molar-refractivity contribution in [2.45, 2.75) is 32.5 Å². The number of carboxylic acid groups (broad SMARTS) is 1. The maximum Gasteiger partial charge on any atom is 0.333 e. The molecule has 0 aliphatic heterocycles. The molecule has 37 heavy (non-hydrogen) atoms. The number of carboxylic acids is 1. The van der Waals surface area contributed by atoms with Gasteiger partial charge in [0, 0.05) is 23.5 Å². The van der Waals surface area contributed by atoms with Crippen LogP contribution in [0.4, 0.5) is 4.39 Å². The van der Waals surface area contributed by atoms with E-state index in [1.54, 1.807) is 30.1 Å². The number of benzene rings is 1. The lowest BCUT2D eigenvalue weighted by Gasteiger charge is -2.23. The molecule has 4 aromatic rings. The molecule has 2 N–H and O–H groups in total. The lowest BCUT2D eigenvalue weighted by Crippen LogP contribution is -2.44. The summed E-state index contributed by atoms with van der Waals surface area (Å²) in [5, 5.41) is 23.9. The highest BCUT2D eigenvalue weighted by Gasteiger charge is 2.28. The minimum atomic E-state index is -1.45. The van der Waals surface area contributed by atoms with Crippen LogP contribution >= 0.6 is 11.3 Å². The van der Waals surface area contributed by atoms with Crippen molar-refractivity contribution < 1.29 is 28.9 Å². The van der Waals surface area contributed by atoms with Gasteiger partial charge in [-0.3, -0.25) is 9.36 Å². The van der Waals surface area contributed by atoms with E-state index in [1.165, 1.54) is 36.8 Å². The molecule has 3 aromatic heterocycles. The second-order valence-corrected chi connectivity index (χ2v) is 9.19. The number of aryl methyl sites for hydroxylation is 1. The summed E-state index contributed by atoms with van der Waals surface area (Å²) in [7, 11) is 1.40. The zero-order valence-corrected chi connectivity index (χ0v) is 21.1. The summed E-state index contributed by atoms with van der Waals surface area (Å²) in [6.45, 7) is 2.25. The molecule has 0 aliphatic carbocycles. The van der Waals surface area contributed by atoms with Crippen molar-refractivity contribution >= 4 is 27.5 Å². The predicted molar refractivity (Wildman–Crippen MR) is 133 cm³/mol. The minimum Gasteiger partial charge on any atom is -0.496 e. The molecule has 4 rings (SSSR count). The third kappa shape index (κ3) is 4.80. The van der Waals surface area contributed by atoms with Gasteiger partial charge in [0.2, 0.25) is 0 Å². The Kier molecular flexibility index (Phi) is 7.57. The predicted octanol–water partition coefficient (Wildman–Crippen LogP) is 2.26. The number of hydrogen-bond donors (Lipinski definition) is 2. The van der Waals surface area contributed by atoms with E-state index >= 15 is 0 Å². The van der Waals surface area contributed by atoms with E-state index in [9.17, 15) is 29.0 Å². The molecule has 0 spiro atoms. The Morgan fingerprint density at radius 2 is 2.05 bits per heavy atom. The van der Waals surface area contributed by atoms with E-state index in [-0.39, 0.29) is 35.5 Å². The number of aliphatic hydroxyl groups is 1. The lowest BCUT2D eigenvalue weighted by molar-refractivity contribution is -0.140. The van der Waals surface area contributed by atoms with Crippen LogP contribution in [-0.4, -0.2) is 55.4 Å². The molecule has 2 atom stereocenters. The Morgan fingerprint density at radius 1 is 1.30 bits per heavy atom. The first-order valence-corrected chi connectivity index (χ1v) is 12.1. The number of carbonyl (C=O) groups is 1. The van der Waals surface area contributed by atoms with E-state index in [2.05, 4.69) is 5.10 Å². The van der Waals surface area contributed by atoms with E-state index < -0.39 is 35.2 Å². The number of methoxy groups -OCH3 is 1. The number of rotatable bonds is 10. The van der Waals surface area contributed by atoms with Gasteiger partial charge in [0.1, 0.15) is 33.5 Å². The summed E-state index contributed by atoms with van der Waals surface area (Å²) in [4.78, 5) is 39.2. The van der Waals surface area contributed by atoms with Crippen molar-refractivity contribution in [2.24, 2.45) is 0 Å². The van der Waals surface area contributed by atoms with Crippen molar-refractivity contribution in [3.8, 4) is 10.8 Å². The normalized spacial score (nSPS) is 13.1. The number of fused-ring (bicyclic) bond motifs is 1. The van der Waals surface area contributed by atoms with Gasteiger partial charge in [-0.25, -0.2) is 23.2 Å². The summed E-state index contributed by atoms with van der Waals surface area (Å²) in [6.07, 6.45) is 2.26. The Hall–Kier alpha value is -3.81. The number of halogens is 1. The van der Waals surface area contributed by atoms with E-state index in [0.29, 0.717) is 20.9 Å². The van der Waals surface area contributed by atoms with Crippen LogP contribution in [0.1, 0.15) is 30.2 Å². The van der Waals surface area contributed by atoms with Crippen LogP contribution in [0, 0.1) is 12.7 Å². The van der Waals surface area contributed by atoms with Gasteiger partial charge in [0.25, 0.3) is 5.56 Å². The number of nitrogens with zero attached hydrogens (tertiary/aromatic N) is 4. The molecular weight excluding hydrogens is 507 g/mol. The summed E-state index contributed by atoms with van der Waals surface area (Å²) in [5.41, 5.74) is -0.811. The van der Waals surface area contributed by atoms with Gasteiger partial charge < -0.3 is 19.7 Å². The maximum absolute atomic E-state index is 14.2. The Bertz CT molecular complexity index is 1560. The first-order valence-electron chi connectivity index (χ1n) is 11.3. The first-order chi connectivity index (χ1) is 17.7. The zero-order chi connectivity index (χ0) is 26.9. The summed E-state index contributed by atoms with van der Waals surface area (Å²) in [5.74, 6) is -1.63. The van der Waals surface area contributed by atoms with Gasteiger partial charge in [-0.15, -0.1) is 0 Å². The van der Waals surface area contributed by atoms with E-state index in [0.717, 1.165) is 11.3 Å². The number of ether oxygens (including phenoxy) is 2. The third-order valence-electron chi connectivity index (χ3n) is 5.97. The molecule has 1 aromatic carbocycles. The van der Waals surface area contributed by atoms with Crippen molar-refractivity contribution in [3.63, 3.8) is 0 Å². The molecule has 0 bridgehead atoms. The Morgan fingerprint density at radius 3 is 2.68 bits per heavy atom. The standard InChI is InChI=1S/C24H25FN4O7S/c1-13-19-20(31)29(14(2)23(32)33)24(34)27(22(19)37-21(13)28-8-4-7-26-28)12-18(36-10-9-30)16-11-15(25)5-6-17(16)35-3/h4-8,11,14,18,30H,9-10,12H2,1-3H3,(H,32,33)/t14?,18-/m0/s1. The highest BCUT2D eigenvalue weighted by atomic mass is 32.1. The SMILES string of the molecule is COc1ccc(F)cc1[C@H](Cn1c(=O)n(C(C)C(=O)O)c(=O)c2c(C)c(-n3cccn3)sc21)OCCO. The van der Waals surface area contributed by atoms with Crippen molar-refractivity contribution in [2.75, 3.05) is 20.3 Å². The van der Waals surface area contributed by atoms with Gasteiger partial charge in [0.15, 0.2) is 0 Å². The molecule has 0 saturated heterocycles. The zero-order valence-electron chi connectivity index (χ0n) is 20.3. The second kappa shape index (κ2) is 10.7. The van der Waals surface area contributed by atoms with Gasteiger partial charge >= 0.3 is 11.7 Å². The number of thiophene rings is 1. The molecule has 0 amide bonds. The molecule has 1 unspecified atom stereocenters. The van der Waals surface area contributed by atoms with Crippen LogP contribution in [0.15, 0.2) is 46.2 Å². The van der Waals surface area contributed by atoms with Crippen LogP contribution < -0.4 is 16.0 Å². The Labute approximate surface area is 213 Å². The average molecular weight is 533 g/mol. The first kappa shape index (κ1) is 26.3. The lowest BCUT2D eigenvalue weighted by atomic mass is 10.1. The molecule has 0 fully saturated rings. The summed E-state index contributed by atoms with van der Waals surface area (Å²) < 4.78 is 28.9. The fraction of sp³-hybridized carbons (Fsp3) is 0.333. The van der Waals surface area contributed by atoms with Crippen LogP contribution in [0.3, 0.4) is 0 Å². The van der Waals surface area contributed by atoms with Gasteiger partial charge in [0.05, 0.1) is 32.3 Å². The minimum absolute atomic E-state index is 0.130. The van der Waals surface area contributed by atoms with E-state index in [1.807, 2.05) is 0 Å². The van der Waals surface area contributed by atoms with Crippen LogP contribution in [0.25, 0.3) is 15.2 Å². The number of aliphatic carboxylic acids is 1. The molecule has 196 valence electrons. The maximum atomic E-state index is 14.2. The molecule has 0 radical (unpaired) electrons. The Balaban J connectivity index is 2.01. The van der Waals surface area contributed by atoms with Gasteiger partial charge in [-0.05, 0) is 38.1 Å². The van der Waals surface area contributed by atoms with Gasteiger partial charge in [-0.1, -0.05) is 11.3 Å². The molecular formula is C24H25FN4O7S. The van der Waals surface area contributed by atoms with Crippen LogP contribution in [0.2, 0.25) is 0 Å². The molecule has 3 heterocycles. The monoisotopic (exact) mass is 532 g/mol. The van der Waals surface area contributed by atoms with Crippen LogP contribution in [-0.2, 0) is 16.1 Å². The smallest absolute Gasteiger partial charge is 0.333 e. The fourth-order valence-corrected chi connectivity index (χ4v) is 5.38. The molecule has 11 nitrogen and oxygen atoms in total. The number of aliphatic hydroxyl groups excluding tert-OH is 1. The molecule has 0 saturated carbocycles. The number of hydrogen-bond acceptors (Lipinski definition) is 8. The fourth-order valence-electron chi connectivity index (χ4n) is 4.13. The molecule has 13 heteroatoms. The van der Waals surface area contributed by atoms with E-state index in [4.69, 9.17) is 9.47 Å². The topological polar surface area (TPSA) is 138 Å². The van der Waals surface area contributed by atoms with Crippen LogP contribution in [0.5, 0.6) is 5.75 Å². The average Bonchev–Trinajstić information content (AvgIpc) is 3.51. The second-order valence-electron chi connectivity index (χ2n) is 8.21.